The molecule has 168 valence electrons. The van der Waals surface area contributed by atoms with Gasteiger partial charge in [-0.05, 0) is 49.1 Å². The molecule has 6 nitrogen and oxygen atoms in total. The summed E-state index contributed by atoms with van der Waals surface area (Å²) in [5.41, 5.74) is -1.54. The minimum absolute atomic E-state index is 0.118. The first kappa shape index (κ1) is 21.4. The van der Waals surface area contributed by atoms with Crippen molar-refractivity contribution >= 4 is 28.3 Å². The van der Waals surface area contributed by atoms with Gasteiger partial charge >= 0.3 is 5.97 Å². The van der Waals surface area contributed by atoms with E-state index in [1.54, 1.807) is 6.07 Å². The quantitative estimate of drug-likeness (QED) is 0.455. The van der Waals surface area contributed by atoms with E-state index in [0.717, 1.165) is 46.7 Å². The zero-order valence-electron chi connectivity index (χ0n) is 16.8. The molecule has 3 heterocycles. The number of aliphatic hydroxyl groups is 1. The summed E-state index contributed by atoms with van der Waals surface area (Å²) in [6.45, 7) is 0. The average molecular weight is 472 g/mol. The highest BCUT2D eigenvalue weighted by molar-refractivity contribution is 7.15. The van der Waals surface area contributed by atoms with Crippen LogP contribution >= 0.6 is 11.3 Å². The SMILES string of the molecule is O=C(O)c1cn(-c2ccc(F)cc2F)c2nc(-c3cc4c(s3)CCCC4O)c(F)cc2c1=O. The summed E-state index contributed by atoms with van der Waals surface area (Å²) >= 11 is 1.27. The van der Waals surface area contributed by atoms with Crippen molar-refractivity contribution in [2.24, 2.45) is 0 Å². The molecule has 1 aliphatic carbocycles. The summed E-state index contributed by atoms with van der Waals surface area (Å²) in [6, 6.07) is 5.18. The monoisotopic (exact) mass is 472 g/mol. The van der Waals surface area contributed by atoms with Crippen LogP contribution in [0, 0.1) is 17.5 Å². The van der Waals surface area contributed by atoms with Gasteiger partial charge in [0.15, 0.2) is 5.82 Å². The Morgan fingerprint density at radius 1 is 1.15 bits per heavy atom. The molecular formula is C23H15F3N2O4S. The number of halogens is 3. The molecule has 0 aliphatic heterocycles. The Bertz CT molecular complexity index is 1510. The van der Waals surface area contributed by atoms with Gasteiger partial charge in [0.1, 0.15) is 28.5 Å². The molecule has 1 atom stereocenters. The van der Waals surface area contributed by atoms with Crippen molar-refractivity contribution < 1.29 is 28.2 Å². The molecule has 0 spiro atoms. The smallest absolute Gasteiger partial charge is 0.341 e. The van der Waals surface area contributed by atoms with Crippen LogP contribution in [0.4, 0.5) is 13.2 Å². The van der Waals surface area contributed by atoms with Gasteiger partial charge in [0.25, 0.3) is 0 Å². The summed E-state index contributed by atoms with van der Waals surface area (Å²) in [7, 11) is 0. The first-order valence-corrected chi connectivity index (χ1v) is 10.8. The van der Waals surface area contributed by atoms with E-state index in [0.29, 0.717) is 22.9 Å². The second-order valence-corrected chi connectivity index (χ2v) is 8.87. The standard InChI is InChI=1S/C23H15F3N2O4S/c24-10-4-5-16(14(25)6-10)28-9-13(23(31)32)21(30)12-7-15(26)20(27-22(12)28)19-8-11-17(29)2-1-3-18(11)33-19/h4-9,17,29H,1-3H2,(H,31,32). The topological polar surface area (TPSA) is 92.4 Å². The molecule has 0 radical (unpaired) electrons. The van der Waals surface area contributed by atoms with E-state index >= 15 is 4.39 Å². The molecular weight excluding hydrogens is 457 g/mol. The van der Waals surface area contributed by atoms with Gasteiger partial charge in [-0.1, -0.05) is 0 Å². The number of aromatic nitrogens is 2. The number of rotatable bonds is 3. The third-order valence-corrected chi connectivity index (χ3v) is 6.86. The van der Waals surface area contributed by atoms with E-state index in [1.807, 2.05) is 0 Å². The molecule has 0 bridgehead atoms. The number of aryl methyl sites for hydroxylation is 1. The van der Waals surface area contributed by atoms with Gasteiger partial charge in [0.05, 0.1) is 22.1 Å². The van der Waals surface area contributed by atoms with Crippen molar-refractivity contribution in [2.45, 2.75) is 25.4 Å². The fourth-order valence-electron chi connectivity index (χ4n) is 4.06. The van der Waals surface area contributed by atoms with Crippen molar-refractivity contribution in [3.05, 3.63) is 80.2 Å². The van der Waals surface area contributed by atoms with Gasteiger partial charge in [0.2, 0.25) is 5.43 Å². The Labute approximate surface area is 188 Å². The predicted octanol–water partition coefficient (Wildman–Crippen LogP) is 4.60. The van der Waals surface area contributed by atoms with Crippen LogP contribution in [0.1, 0.15) is 39.7 Å². The van der Waals surface area contributed by atoms with E-state index < -0.39 is 40.5 Å². The summed E-state index contributed by atoms with van der Waals surface area (Å²) in [5.74, 6) is -4.30. The number of pyridine rings is 2. The van der Waals surface area contributed by atoms with Crippen LogP contribution in [-0.2, 0) is 6.42 Å². The maximum Gasteiger partial charge on any atom is 0.341 e. The van der Waals surface area contributed by atoms with Crippen LogP contribution in [0.3, 0.4) is 0 Å². The Balaban J connectivity index is 1.82. The second-order valence-electron chi connectivity index (χ2n) is 7.73. The second kappa shape index (κ2) is 7.82. The lowest BCUT2D eigenvalue weighted by atomic mass is 9.96. The molecule has 3 aromatic heterocycles. The molecule has 1 unspecified atom stereocenters. The molecule has 5 rings (SSSR count). The molecule has 2 N–H and O–H groups in total. The number of hydrogen-bond acceptors (Lipinski definition) is 5. The van der Waals surface area contributed by atoms with E-state index in [4.69, 9.17) is 0 Å². The van der Waals surface area contributed by atoms with E-state index in [9.17, 15) is 28.6 Å². The lowest BCUT2D eigenvalue weighted by molar-refractivity contribution is 0.0695. The molecule has 1 aromatic carbocycles. The van der Waals surface area contributed by atoms with Gasteiger partial charge in [-0.25, -0.2) is 22.9 Å². The van der Waals surface area contributed by atoms with Crippen molar-refractivity contribution in [3.63, 3.8) is 0 Å². The van der Waals surface area contributed by atoms with Crippen LogP contribution in [0.15, 0.2) is 41.3 Å². The van der Waals surface area contributed by atoms with Crippen molar-refractivity contribution in [2.75, 3.05) is 0 Å². The zero-order valence-corrected chi connectivity index (χ0v) is 17.6. The number of aromatic carboxylic acids is 1. The number of aliphatic hydroxyl groups excluding tert-OH is 1. The van der Waals surface area contributed by atoms with E-state index in [-0.39, 0.29) is 22.4 Å². The predicted molar refractivity (Wildman–Crippen MR) is 115 cm³/mol. The minimum Gasteiger partial charge on any atom is -0.477 e. The molecule has 4 aromatic rings. The van der Waals surface area contributed by atoms with Crippen molar-refractivity contribution in [3.8, 4) is 16.3 Å². The van der Waals surface area contributed by atoms with Crippen LogP contribution in [0.25, 0.3) is 27.3 Å². The Morgan fingerprint density at radius 3 is 2.64 bits per heavy atom. The summed E-state index contributed by atoms with van der Waals surface area (Å²) in [5, 5.41) is 19.3. The number of carbonyl (C=O) groups is 1. The number of benzene rings is 1. The van der Waals surface area contributed by atoms with Gasteiger partial charge in [0, 0.05) is 17.1 Å². The molecule has 10 heteroatoms. The van der Waals surface area contributed by atoms with Gasteiger partial charge in [-0.15, -0.1) is 11.3 Å². The first-order valence-electron chi connectivity index (χ1n) is 10.00. The molecule has 0 amide bonds. The average Bonchev–Trinajstić information content (AvgIpc) is 3.20. The molecule has 0 fully saturated rings. The number of carboxylic acids is 1. The zero-order chi connectivity index (χ0) is 23.4. The fraction of sp³-hybridized carbons (Fsp3) is 0.174. The Kier molecular flexibility index (Phi) is 5.06. The Morgan fingerprint density at radius 2 is 1.94 bits per heavy atom. The van der Waals surface area contributed by atoms with Gasteiger partial charge < -0.3 is 10.2 Å². The number of thiophene rings is 1. The highest BCUT2D eigenvalue weighted by Crippen LogP contribution is 2.40. The number of carboxylic acid groups (broad SMARTS) is 1. The summed E-state index contributed by atoms with van der Waals surface area (Å²) in [4.78, 5) is 29.9. The maximum atomic E-state index is 15.1. The largest absolute Gasteiger partial charge is 0.477 e. The normalized spacial score (nSPS) is 15.6. The van der Waals surface area contributed by atoms with Crippen LogP contribution in [-0.4, -0.2) is 25.7 Å². The maximum absolute atomic E-state index is 15.1. The summed E-state index contributed by atoms with van der Waals surface area (Å²) < 4.78 is 44.1. The van der Waals surface area contributed by atoms with E-state index in [1.165, 1.54) is 11.3 Å². The van der Waals surface area contributed by atoms with Crippen LogP contribution in [0.5, 0.6) is 0 Å². The molecule has 0 saturated carbocycles. The highest BCUT2D eigenvalue weighted by atomic mass is 32.1. The molecule has 1 aliphatic rings. The van der Waals surface area contributed by atoms with Crippen molar-refractivity contribution in [1.29, 1.82) is 0 Å². The first-order chi connectivity index (χ1) is 15.7. The van der Waals surface area contributed by atoms with Crippen LogP contribution in [0.2, 0.25) is 0 Å². The van der Waals surface area contributed by atoms with E-state index in [2.05, 4.69) is 4.98 Å². The third kappa shape index (κ3) is 3.51. The van der Waals surface area contributed by atoms with Crippen LogP contribution < -0.4 is 5.43 Å². The lowest BCUT2D eigenvalue weighted by Crippen LogP contribution is -2.20. The number of hydrogen-bond donors (Lipinski definition) is 2. The molecule has 33 heavy (non-hydrogen) atoms. The minimum atomic E-state index is -1.58. The third-order valence-electron chi connectivity index (χ3n) is 5.65. The number of fused-ring (bicyclic) bond motifs is 2. The summed E-state index contributed by atoms with van der Waals surface area (Å²) in [6.07, 6.45) is 2.36. The number of nitrogens with zero attached hydrogens (tertiary/aromatic N) is 2. The van der Waals surface area contributed by atoms with Crippen molar-refractivity contribution in [1.82, 2.24) is 9.55 Å². The van der Waals surface area contributed by atoms with Gasteiger partial charge in [-0.3, -0.25) is 9.36 Å². The molecule has 0 saturated heterocycles. The van der Waals surface area contributed by atoms with Gasteiger partial charge in [-0.2, -0.15) is 0 Å². The highest BCUT2D eigenvalue weighted by Gasteiger charge is 2.25. The lowest BCUT2D eigenvalue weighted by Gasteiger charge is -2.16. The fourth-order valence-corrected chi connectivity index (χ4v) is 5.31. The Hall–Kier alpha value is -3.50.